The minimum atomic E-state index is -0.389. The van der Waals surface area contributed by atoms with Crippen molar-refractivity contribution in [2.24, 2.45) is 5.73 Å². The first-order valence-electron chi connectivity index (χ1n) is 6.08. The highest BCUT2D eigenvalue weighted by Crippen LogP contribution is 2.26. The fourth-order valence-electron chi connectivity index (χ4n) is 1.80. The molecule has 0 atom stereocenters. The smallest absolute Gasteiger partial charge is 0.131 e. The molecule has 0 aromatic heterocycles. The maximum atomic E-state index is 13.6. The summed E-state index contributed by atoms with van der Waals surface area (Å²) in [4.78, 5) is 0. The molecule has 5 heteroatoms. The van der Waals surface area contributed by atoms with Gasteiger partial charge in [-0.25, -0.2) is 4.39 Å². The van der Waals surface area contributed by atoms with Crippen molar-refractivity contribution < 1.29 is 13.9 Å². The van der Waals surface area contributed by atoms with Crippen molar-refractivity contribution in [3.8, 4) is 11.5 Å². The van der Waals surface area contributed by atoms with Crippen LogP contribution < -0.4 is 15.2 Å². The number of hydrogen-bond donors (Lipinski definition) is 1. The SMILES string of the molecule is COc1ccc(OCc2c(F)cccc2Cl)c(CN)c1. The second-order valence-electron chi connectivity index (χ2n) is 4.17. The highest BCUT2D eigenvalue weighted by Gasteiger charge is 2.10. The van der Waals surface area contributed by atoms with Crippen LogP contribution in [0.15, 0.2) is 36.4 Å². The molecule has 0 amide bonds. The lowest BCUT2D eigenvalue weighted by atomic mass is 10.2. The number of halogens is 2. The van der Waals surface area contributed by atoms with Crippen LogP contribution >= 0.6 is 11.6 Å². The molecule has 2 aromatic carbocycles. The summed E-state index contributed by atoms with van der Waals surface area (Å²) < 4.78 is 24.4. The van der Waals surface area contributed by atoms with E-state index in [0.717, 1.165) is 5.56 Å². The maximum Gasteiger partial charge on any atom is 0.131 e. The Labute approximate surface area is 122 Å². The van der Waals surface area contributed by atoms with Gasteiger partial charge in [0.2, 0.25) is 0 Å². The Morgan fingerprint density at radius 3 is 2.70 bits per heavy atom. The van der Waals surface area contributed by atoms with Crippen LogP contribution in [0.25, 0.3) is 0 Å². The molecule has 0 heterocycles. The third-order valence-corrected chi connectivity index (χ3v) is 3.28. The van der Waals surface area contributed by atoms with Crippen molar-refractivity contribution >= 4 is 11.6 Å². The molecule has 0 spiro atoms. The van der Waals surface area contributed by atoms with Crippen LogP contribution in [-0.4, -0.2) is 7.11 Å². The summed E-state index contributed by atoms with van der Waals surface area (Å²) in [7, 11) is 1.58. The number of methoxy groups -OCH3 is 1. The molecule has 0 unspecified atom stereocenters. The summed E-state index contributed by atoms with van der Waals surface area (Å²) in [5.41, 5.74) is 6.78. The molecule has 2 rings (SSSR count). The van der Waals surface area contributed by atoms with Crippen LogP contribution in [-0.2, 0) is 13.2 Å². The Balaban J connectivity index is 2.19. The van der Waals surface area contributed by atoms with Crippen LogP contribution in [0.4, 0.5) is 4.39 Å². The molecule has 0 aliphatic carbocycles. The third kappa shape index (κ3) is 3.21. The molecule has 0 aliphatic rings. The molecule has 106 valence electrons. The van der Waals surface area contributed by atoms with Gasteiger partial charge in [0.1, 0.15) is 23.9 Å². The molecule has 0 saturated carbocycles. The number of rotatable bonds is 5. The zero-order chi connectivity index (χ0) is 14.5. The summed E-state index contributed by atoms with van der Waals surface area (Å²) >= 11 is 5.95. The standard InChI is InChI=1S/C15H15ClFNO2/c1-19-11-5-6-15(10(7-11)8-18)20-9-12-13(16)3-2-4-14(12)17/h2-7H,8-9,18H2,1H3. The second-order valence-corrected chi connectivity index (χ2v) is 4.57. The van der Waals surface area contributed by atoms with Gasteiger partial charge in [0.25, 0.3) is 0 Å². The first-order valence-corrected chi connectivity index (χ1v) is 6.46. The van der Waals surface area contributed by atoms with Gasteiger partial charge in [-0.05, 0) is 30.3 Å². The van der Waals surface area contributed by atoms with E-state index in [1.807, 2.05) is 0 Å². The quantitative estimate of drug-likeness (QED) is 0.918. The van der Waals surface area contributed by atoms with E-state index in [4.69, 9.17) is 26.8 Å². The normalized spacial score (nSPS) is 10.4. The molecular weight excluding hydrogens is 281 g/mol. The first-order chi connectivity index (χ1) is 9.65. The lowest BCUT2D eigenvalue weighted by molar-refractivity contribution is 0.296. The van der Waals surface area contributed by atoms with Gasteiger partial charge in [0, 0.05) is 17.7 Å². The molecule has 2 aromatic rings. The molecule has 2 N–H and O–H groups in total. The highest BCUT2D eigenvalue weighted by atomic mass is 35.5. The van der Waals surface area contributed by atoms with Crippen LogP contribution in [0.1, 0.15) is 11.1 Å². The minimum Gasteiger partial charge on any atom is -0.497 e. The second kappa shape index (κ2) is 6.59. The summed E-state index contributed by atoms with van der Waals surface area (Å²) in [5.74, 6) is 0.898. The number of hydrogen-bond acceptors (Lipinski definition) is 3. The highest BCUT2D eigenvalue weighted by molar-refractivity contribution is 6.31. The van der Waals surface area contributed by atoms with Gasteiger partial charge in [-0.2, -0.15) is 0 Å². The Kier molecular flexibility index (Phi) is 4.82. The van der Waals surface area contributed by atoms with E-state index in [-0.39, 0.29) is 12.4 Å². The zero-order valence-electron chi connectivity index (χ0n) is 11.0. The van der Waals surface area contributed by atoms with Crippen LogP contribution in [0.3, 0.4) is 0 Å². The van der Waals surface area contributed by atoms with Crippen molar-refractivity contribution in [1.29, 1.82) is 0 Å². The van der Waals surface area contributed by atoms with Gasteiger partial charge < -0.3 is 15.2 Å². The number of nitrogens with two attached hydrogens (primary N) is 1. The Morgan fingerprint density at radius 1 is 1.25 bits per heavy atom. The molecule has 0 aliphatic heterocycles. The summed E-state index contributed by atoms with van der Waals surface area (Å²) in [6.07, 6.45) is 0. The van der Waals surface area contributed by atoms with Crippen LogP contribution in [0.2, 0.25) is 5.02 Å². The Bertz CT molecular complexity index is 584. The average molecular weight is 296 g/mol. The molecule has 0 saturated heterocycles. The van der Waals surface area contributed by atoms with E-state index in [9.17, 15) is 4.39 Å². The van der Waals surface area contributed by atoms with E-state index < -0.39 is 0 Å². The van der Waals surface area contributed by atoms with Crippen molar-refractivity contribution in [3.05, 3.63) is 58.4 Å². The van der Waals surface area contributed by atoms with Gasteiger partial charge in [0.15, 0.2) is 0 Å². The Hall–Kier alpha value is -1.78. The average Bonchev–Trinajstić information content (AvgIpc) is 2.46. The summed E-state index contributed by atoms with van der Waals surface area (Å²) in [5, 5.41) is 0.341. The molecule has 0 bridgehead atoms. The van der Waals surface area contributed by atoms with E-state index in [0.29, 0.717) is 28.6 Å². The van der Waals surface area contributed by atoms with Crippen molar-refractivity contribution in [2.45, 2.75) is 13.2 Å². The van der Waals surface area contributed by atoms with Crippen molar-refractivity contribution in [3.63, 3.8) is 0 Å². The largest absolute Gasteiger partial charge is 0.497 e. The summed E-state index contributed by atoms with van der Waals surface area (Å²) in [6.45, 7) is 0.350. The van der Waals surface area contributed by atoms with Crippen molar-refractivity contribution in [2.75, 3.05) is 7.11 Å². The molecule has 20 heavy (non-hydrogen) atoms. The van der Waals surface area contributed by atoms with Gasteiger partial charge >= 0.3 is 0 Å². The fourth-order valence-corrected chi connectivity index (χ4v) is 2.02. The first kappa shape index (κ1) is 14.6. The lowest BCUT2D eigenvalue weighted by Gasteiger charge is -2.13. The van der Waals surface area contributed by atoms with Crippen LogP contribution in [0, 0.1) is 5.82 Å². The third-order valence-electron chi connectivity index (χ3n) is 2.92. The topological polar surface area (TPSA) is 44.5 Å². The van der Waals surface area contributed by atoms with Gasteiger partial charge in [-0.3, -0.25) is 0 Å². The van der Waals surface area contributed by atoms with Gasteiger partial charge in [0.05, 0.1) is 12.1 Å². The molecule has 0 radical (unpaired) electrons. The number of ether oxygens (including phenoxy) is 2. The van der Waals surface area contributed by atoms with E-state index >= 15 is 0 Å². The van der Waals surface area contributed by atoms with Gasteiger partial charge in [-0.15, -0.1) is 0 Å². The molecular formula is C15H15ClFNO2. The predicted octanol–water partition coefficient (Wildman–Crippen LogP) is 3.53. The van der Waals surface area contributed by atoms with Crippen LogP contribution in [0.5, 0.6) is 11.5 Å². The fraction of sp³-hybridized carbons (Fsp3) is 0.200. The zero-order valence-corrected chi connectivity index (χ0v) is 11.8. The van der Waals surface area contributed by atoms with Crippen molar-refractivity contribution in [1.82, 2.24) is 0 Å². The Morgan fingerprint density at radius 2 is 2.05 bits per heavy atom. The van der Waals surface area contributed by atoms with Gasteiger partial charge in [-0.1, -0.05) is 17.7 Å². The maximum absolute atomic E-state index is 13.6. The number of benzene rings is 2. The summed E-state index contributed by atoms with van der Waals surface area (Å²) in [6, 6.07) is 9.83. The molecule has 3 nitrogen and oxygen atoms in total. The monoisotopic (exact) mass is 295 g/mol. The minimum absolute atomic E-state index is 0.0465. The molecule has 0 fully saturated rings. The van der Waals surface area contributed by atoms with E-state index in [1.54, 1.807) is 37.4 Å². The lowest BCUT2D eigenvalue weighted by Crippen LogP contribution is -2.04. The van der Waals surface area contributed by atoms with E-state index in [2.05, 4.69) is 0 Å². The van der Waals surface area contributed by atoms with E-state index in [1.165, 1.54) is 6.07 Å². The predicted molar refractivity (Wildman–Crippen MR) is 76.6 cm³/mol.